The van der Waals surface area contributed by atoms with Gasteiger partial charge in [-0.1, -0.05) is 103 Å². The number of methoxy groups -OCH3 is 1. The lowest BCUT2D eigenvalue weighted by Gasteiger charge is -2.30. The highest BCUT2D eigenvalue weighted by molar-refractivity contribution is 9.69. The monoisotopic (exact) mass is 1120 g/mol. The Balaban J connectivity index is 0.00000112. The normalized spacial score (nSPS) is 13.2. The van der Waals surface area contributed by atoms with E-state index >= 15 is 0 Å². The maximum absolute atomic E-state index is 13.3. The highest BCUT2D eigenvalue weighted by atomic mass is 79.9. The van der Waals surface area contributed by atoms with Gasteiger partial charge in [0.05, 0.1) is 35.2 Å². The number of benzene rings is 4. The van der Waals surface area contributed by atoms with Crippen LogP contribution in [0.4, 0.5) is 4.79 Å². The highest BCUT2D eigenvalue weighted by Crippen LogP contribution is 2.23. The summed E-state index contributed by atoms with van der Waals surface area (Å²) < 4.78 is 60.4. The van der Waals surface area contributed by atoms with Crippen LogP contribution >= 0.6 is 47.3 Å². The zero-order valence-electron chi connectivity index (χ0n) is 35.5. The fraction of sp³-hybridized carbons (Fsp3) is 0.432. The van der Waals surface area contributed by atoms with E-state index in [1.165, 1.54) is 52.1 Å². The maximum atomic E-state index is 13.3. The van der Waals surface area contributed by atoms with E-state index in [1.807, 2.05) is 88.4 Å². The number of halogens is 3. The van der Waals surface area contributed by atoms with E-state index in [9.17, 15) is 36.9 Å². The van der Waals surface area contributed by atoms with Gasteiger partial charge in [0.25, 0.3) is 0 Å². The molecule has 13 nitrogen and oxygen atoms in total. The molecule has 354 valence electrons. The lowest BCUT2D eigenvalue weighted by atomic mass is 9.99. The molecule has 2 radical (unpaired) electrons. The minimum Gasteiger partial charge on any atom is -0.508 e. The molecule has 4 aromatic rings. The Hall–Kier alpha value is -2.78. The lowest BCUT2D eigenvalue weighted by Crippen LogP contribution is -2.50. The van der Waals surface area contributed by atoms with E-state index in [1.54, 1.807) is 12.1 Å². The van der Waals surface area contributed by atoms with Gasteiger partial charge in [0.2, 0.25) is 27.9 Å². The third-order valence-corrected chi connectivity index (χ3v) is 12.7. The Kier molecular flexibility index (Phi) is 29.2. The Labute approximate surface area is 409 Å². The molecule has 1 amide bonds. The van der Waals surface area contributed by atoms with Gasteiger partial charge in [-0.05, 0) is 84.3 Å². The van der Waals surface area contributed by atoms with Crippen LogP contribution in [0.15, 0.2) is 119 Å². The number of nitrogens with zero attached hydrogens (tertiary/aromatic N) is 2. The SMILES string of the molecule is BrB(Br)Br.C.C.CC(C)CN(C[C@@H](O)[C@@H](N)Cc1ccccc1)S(=O)(=O)c1ccc(O)cc1.[B]C(=O)N[C@@H](Cc1ccccc1)[C@H](O)CN(CC(C)C)S(=O)(=O)c1ccc(OC)cc1. The largest absolute Gasteiger partial charge is 0.508 e. The van der Waals surface area contributed by atoms with Crippen molar-refractivity contribution in [1.82, 2.24) is 13.9 Å². The number of ether oxygens (including phenoxy) is 1. The Morgan fingerprint density at radius 3 is 1.44 bits per heavy atom. The molecule has 0 heterocycles. The van der Waals surface area contributed by atoms with Crippen molar-refractivity contribution in [3.63, 3.8) is 0 Å². The first-order valence-electron chi connectivity index (χ1n) is 19.7. The van der Waals surface area contributed by atoms with Crippen LogP contribution in [0.1, 0.15) is 53.7 Å². The van der Waals surface area contributed by atoms with Gasteiger partial charge in [-0.25, -0.2) is 16.8 Å². The van der Waals surface area contributed by atoms with Crippen LogP contribution in [0.25, 0.3) is 0 Å². The number of rotatable bonds is 20. The van der Waals surface area contributed by atoms with E-state index < -0.39 is 50.1 Å². The van der Waals surface area contributed by atoms with E-state index in [4.69, 9.17) is 18.3 Å². The third kappa shape index (κ3) is 22.1. The molecule has 20 heteroatoms. The van der Waals surface area contributed by atoms with Gasteiger partial charge in [-0.2, -0.15) is 8.61 Å². The van der Waals surface area contributed by atoms with Crippen LogP contribution in [0.2, 0.25) is 0 Å². The molecule has 0 aliphatic rings. The van der Waals surface area contributed by atoms with E-state index in [-0.39, 0.29) is 71.6 Å². The topological polar surface area (TPSA) is 200 Å². The Morgan fingerprint density at radius 2 is 1.06 bits per heavy atom. The average Bonchev–Trinajstić information content (AvgIpc) is 3.20. The molecular formula is C44H65B2Br3N4O9S2. The quantitative estimate of drug-likeness (QED) is 0.0550. The highest BCUT2D eigenvalue weighted by Gasteiger charge is 2.32. The van der Waals surface area contributed by atoms with Crippen molar-refractivity contribution in [2.75, 3.05) is 33.3 Å². The summed E-state index contributed by atoms with van der Waals surface area (Å²) in [5.41, 5.74) is 8.00. The first-order chi connectivity index (χ1) is 29.1. The number of aliphatic hydroxyl groups is 2. The first kappa shape index (κ1) is 61.2. The molecule has 0 spiro atoms. The molecule has 0 aliphatic heterocycles. The molecule has 0 unspecified atom stereocenters. The van der Waals surface area contributed by atoms with Crippen molar-refractivity contribution < 1.29 is 41.7 Å². The van der Waals surface area contributed by atoms with Gasteiger partial charge in [-0.3, -0.25) is 4.79 Å². The molecule has 0 aliphatic carbocycles. The molecule has 4 aromatic carbocycles. The molecule has 0 fully saturated rings. The number of hydrogen-bond acceptors (Lipinski definition) is 10. The second-order valence-corrected chi connectivity index (χ2v) is 25.5. The third-order valence-electron chi connectivity index (χ3n) is 8.99. The Morgan fingerprint density at radius 1 is 0.688 bits per heavy atom. The number of nitrogens with one attached hydrogen (secondary N) is 1. The van der Waals surface area contributed by atoms with Crippen LogP contribution in [-0.4, -0.2) is 115 Å². The molecule has 4 rings (SSSR count). The average molecular weight is 1120 g/mol. The number of carbonyl (C=O) groups excluding carboxylic acids is 1. The number of nitrogens with two attached hydrogens (primary N) is 1. The van der Waals surface area contributed by atoms with Gasteiger partial charge in [0.1, 0.15) is 11.5 Å². The molecule has 0 saturated heterocycles. The van der Waals surface area contributed by atoms with Gasteiger partial charge in [-0.15, -0.1) is 47.3 Å². The van der Waals surface area contributed by atoms with Crippen molar-refractivity contribution in [1.29, 1.82) is 0 Å². The molecule has 0 aromatic heterocycles. The molecule has 6 N–H and O–H groups in total. The molecular weight excluding hydrogens is 1050 g/mol. The van der Waals surface area contributed by atoms with Crippen LogP contribution < -0.4 is 15.8 Å². The summed E-state index contributed by atoms with van der Waals surface area (Å²) in [5.74, 6) is -0.142. The maximum Gasteiger partial charge on any atom is 0.369 e. The summed E-state index contributed by atoms with van der Waals surface area (Å²) >= 11 is 9.31. The number of aromatic hydroxyl groups is 1. The smallest absolute Gasteiger partial charge is 0.369 e. The zero-order chi connectivity index (χ0) is 46.6. The minimum absolute atomic E-state index is 0. The summed E-state index contributed by atoms with van der Waals surface area (Å²) in [4.78, 5) is 11.7. The summed E-state index contributed by atoms with van der Waals surface area (Å²) in [6, 6.07) is 29.0. The summed E-state index contributed by atoms with van der Waals surface area (Å²) in [6.45, 7) is 7.81. The number of carbonyl (C=O) groups is 1. The number of aliphatic hydroxyl groups excluding tert-OH is 2. The predicted octanol–water partition coefficient (Wildman–Crippen LogP) is 7.59. The molecule has 0 saturated carbocycles. The van der Waals surface area contributed by atoms with Gasteiger partial charge >= 0.3 is 3.18 Å². The van der Waals surface area contributed by atoms with Crippen molar-refractivity contribution in [3.05, 3.63) is 120 Å². The molecule has 0 bridgehead atoms. The zero-order valence-corrected chi connectivity index (χ0v) is 41.9. The number of hydrogen-bond donors (Lipinski definition) is 5. The summed E-state index contributed by atoms with van der Waals surface area (Å²) in [6.07, 6.45) is -1.41. The van der Waals surface area contributed by atoms with E-state index in [2.05, 4.69) is 52.6 Å². The van der Waals surface area contributed by atoms with Gasteiger partial charge in [0, 0.05) is 32.2 Å². The fourth-order valence-corrected chi connectivity index (χ4v) is 9.30. The van der Waals surface area contributed by atoms with Gasteiger partial charge < -0.3 is 31.1 Å². The number of phenolic OH excluding ortho intramolecular Hbond substituents is 1. The fourth-order valence-electron chi connectivity index (χ4n) is 6.06. The number of amides is 1. The molecule has 4 atom stereocenters. The van der Waals surface area contributed by atoms with Crippen molar-refractivity contribution in [3.8, 4) is 11.5 Å². The van der Waals surface area contributed by atoms with E-state index in [0.717, 1.165) is 11.1 Å². The first-order valence-corrected chi connectivity index (χ1v) is 25.3. The van der Waals surface area contributed by atoms with Crippen LogP contribution in [0, 0.1) is 11.8 Å². The van der Waals surface area contributed by atoms with E-state index in [0.29, 0.717) is 18.6 Å². The van der Waals surface area contributed by atoms with Crippen LogP contribution in [-0.2, 0) is 32.9 Å². The minimum atomic E-state index is -3.88. The van der Waals surface area contributed by atoms with Crippen molar-refractivity contribution in [2.45, 2.75) is 89.5 Å². The van der Waals surface area contributed by atoms with Crippen molar-refractivity contribution >= 4 is 84.2 Å². The van der Waals surface area contributed by atoms with Gasteiger partial charge in [0.15, 0.2) is 5.81 Å². The van der Waals surface area contributed by atoms with Crippen LogP contribution in [0.3, 0.4) is 0 Å². The number of sulfonamides is 2. The standard InChI is InChI=1S/C22H29BN2O5S.C20H28N2O4S.2CH4.BBr3/c1-16(2)14-25(31(28,29)19-11-9-18(30-3)10-12-19)15-21(26)20(24-22(23)27)13-17-7-5-4-6-8-17;1-15(2)13-22(27(25,26)18-10-8-17(23)9-11-18)14-20(24)19(21)12-16-6-4-3-5-7-16;;;2-1(3)4/h4-12,16,20-21,26H,13-15H2,1-3H3,(H,24,27);3-11,15,19-20,23-24H,12-14,21H2,1-2H3;2*1H4;/t20-,21+;19-,20+;;;/m00.../s1. The summed E-state index contributed by atoms with van der Waals surface area (Å²) in [7, 11) is -0.886. The summed E-state index contributed by atoms with van der Waals surface area (Å²) in [5, 5.41) is 33.4. The number of phenols is 1. The Bertz CT molecular complexity index is 2110. The predicted molar refractivity (Wildman–Crippen MR) is 273 cm³/mol. The second kappa shape index (κ2) is 30.5. The van der Waals surface area contributed by atoms with Crippen LogP contribution in [0.5, 0.6) is 11.5 Å². The van der Waals surface area contributed by atoms with Crippen molar-refractivity contribution in [2.24, 2.45) is 17.6 Å². The second-order valence-electron chi connectivity index (χ2n) is 15.1. The lowest BCUT2D eigenvalue weighted by molar-refractivity contribution is 0.106. The molecule has 64 heavy (non-hydrogen) atoms.